The molecule has 19 heavy (non-hydrogen) atoms. The third-order valence-corrected chi connectivity index (χ3v) is 3.14. The molecule has 0 atom stereocenters. The number of carbonyl (C=O) groups is 1. The van der Waals surface area contributed by atoms with Crippen LogP contribution in [0.25, 0.3) is 0 Å². The van der Waals surface area contributed by atoms with Crippen molar-refractivity contribution in [2.75, 3.05) is 31.2 Å². The van der Waals surface area contributed by atoms with Crippen LogP contribution in [0.2, 0.25) is 0 Å². The predicted octanol–water partition coefficient (Wildman–Crippen LogP) is 2.02. The van der Waals surface area contributed by atoms with Crippen LogP contribution in [0.4, 0.5) is 11.4 Å². The van der Waals surface area contributed by atoms with Gasteiger partial charge in [-0.15, -0.1) is 0 Å². The molecule has 0 saturated carbocycles. The summed E-state index contributed by atoms with van der Waals surface area (Å²) in [6, 6.07) is 4.76. The number of carbonyl (C=O) groups excluding carboxylic acids is 1. The second-order valence-corrected chi connectivity index (χ2v) is 4.47. The van der Waals surface area contributed by atoms with Crippen LogP contribution in [-0.4, -0.2) is 37.0 Å². The fourth-order valence-electron chi connectivity index (χ4n) is 2.17. The molecule has 1 aromatic carbocycles. The summed E-state index contributed by atoms with van der Waals surface area (Å²) in [5, 5.41) is 11.0. The van der Waals surface area contributed by atoms with Crippen molar-refractivity contribution in [1.29, 1.82) is 0 Å². The molecule has 0 N–H and O–H groups in total. The molecular weight excluding hydrogens is 248 g/mol. The van der Waals surface area contributed by atoms with E-state index >= 15 is 0 Å². The Morgan fingerprint density at radius 2 is 2.16 bits per heavy atom. The highest BCUT2D eigenvalue weighted by Crippen LogP contribution is 2.26. The second-order valence-electron chi connectivity index (χ2n) is 4.47. The maximum absolute atomic E-state index is 11.4. The number of Topliss-reactive ketones (excluding diaryl/α,β-unsaturated/α-hetero) is 1. The van der Waals surface area contributed by atoms with Crippen molar-refractivity contribution in [1.82, 2.24) is 0 Å². The summed E-state index contributed by atoms with van der Waals surface area (Å²) >= 11 is 0. The number of rotatable bonds is 3. The van der Waals surface area contributed by atoms with Gasteiger partial charge in [0.2, 0.25) is 0 Å². The molecular formula is C13H16N2O4. The summed E-state index contributed by atoms with van der Waals surface area (Å²) < 4.78 is 5.36. The summed E-state index contributed by atoms with van der Waals surface area (Å²) in [7, 11) is 0. The topological polar surface area (TPSA) is 72.7 Å². The highest BCUT2D eigenvalue weighted by Gasteiger charge is 2.20. The first-order valence-electron chi connectivity index (χ1n) is 6.21. The minimum Gasteiger partial charge on any atom is -0.380 e. The zero-order valence-electron chi connectivity index (χ0n) is 10.8. The summed E-state index contributed by atoms with van der Waals surface area (Å²) in [4.78, 5) is 24.0. The molecule has 1 aliphatic rings. The Bertz CT molecular complexity index is 493. The lowest BCUT2D eigenvalue weighted by Crippen LogP contribution is -2.26. The van der Waals surface area contributed by atoms with Gasteiger partial charge in [-0.3, -0.25) is 14.9 Å². The second kappa shape index (κ2) is 5.79. The number of hydrogen-bond donors (Lipinski definition) is 0. The maximum atomic E-state index is 11.4. The molecule has 6 nitrogen and oxygen atoms in total. The van der Waals surface area contributed by atoms with Crippen LogP contribution < -0.4 is 4.90 Å². The van der Waals surface area contributed by atoms with Gasteiger partial charge in [0.15, 0.2) is 5.78 Å². The van der Waals surface area contributed by atoms with Gasteiger partial charge in [-0.25, -0.2) is 0 Å². The number of ketones is 1. The smallest absolute Gasteiger partial charge is 0.282 e. The SMILES string of the molecule is CC(=O)c1ccc(N2CCCOCC2)cc1[N+](=O)[O-]. The van der Waals surface area contributed by atoms with Gasteiger partial charge in [-0.05, 0) is 25.5 Å². The summed E-state index contributed by atoms with van der Waals surface area (Å²) in [5.41, 5.74) is 0.789. The Morgan fingerprint density at radius 1 is 1.37 bits per heavy atom. The van der Waals surface area contributed by atoms with Gasteiger partial charge in [-0.2, -0.15) is 0 Å². The van der Waals surface area contributed by atoms with Crippen LogP contribution in [0.3, 0.4) is 0 Å². The number of nitrogens with zero attached hydrogens (tertiary/aromatic N) is 2. The molecule has 1 fully saturated rings. The predicted molar refractivity (Wildman–Crippen MR) is 70.7 cm³/mol. The van der Waals surface area contributed by atoms with Gasteiger partial charge in [0.1, 0.15) is 0 Å². The van der Waals surface area contributed by atoms with E-state index in [-0.39, 0.29) is 17.0 Å². The molecule has 0 bridgehead atoms. The van der Waals surface area contributed by atoms with Crippen molar-refractivity contribution < 1.29 is 14.5 Å². The van der Waals surface area contributed by atoms with E-state index in [1.165, 1.54) is 19.1 Å². The monoisotopic (exact) mass is 264 g/mol. The number of hydrogen-bond acceptors (Lipinski definition) is 5. The van der Waals surface area contributed by atoms with Crippen LogP contribution in [-0.2, 0) is 4.74 Å². The van der Waals surface area contributed by atoms with Gasteiger partial charge in [0, 0.05) is 31.5 Å². The molecule has 0 amide bonds. The maximum Gasteiger partial charge on any atom is 0.282 e. The van der Waals surface area contributed by atoms with Crippen LogP contribution in [0.5, 0.6) is 0 Å². The number of ether oxygens (including phenoxy) is 1. The largest absolute Gasteiger partial charge is 0.380 e. The Labute approximate surface area is 111 Å². The van der Waals surface area contributed by atoms with Crippen molar-refractivity contribution >= 4 is 17.2 Å². The van der Waals surface area contributed by atoms with E-state index in [0.29, 0.717) is 19.8 Å². The highest BCUT2D eigenvalue weighted by atomic mass is 16.6. The number of nitro groups is 1. The van der Waals surface area contributed by atoms with Crippen molar-refractivity contribution in [2.24, 2.45) is 0 Å². The summed E-state index contributed by atoms with van der Waals surface area (Å²) in [6.45, 7) is 4.17. The van der Waals surface area contributed by atoms with Gasteiger partial charge < -0.3 is 9.64 Å². The Morgan fingerprint density at radius 3 is 2.84 bits per heavy atom. The van der Waals surface area contributed by atoms with Gasteiger partial charge >= 0.3 is 0 Å². The van der Waals surface area contributed by atoms with Crippen molar-refractivity contribution in [2.45, 2.75) is 13.3 Å². The minimum atomic E-state index is -0.505. The van der Waals surface area contributed by atoms with Gasteiger partial charge in [0.05, 0.1) is 17.1 Å². The van der Waals surface area contributed by atoms with E-state index in [1.807, 2.05) is 4.90 Å². The zero-order chi connectivity index (χ0) is 13.8. The summed E-state index contributed by atoms with van der Waals surface area (Å²) in [6.07, 6.45) is 0.891. The van der Waals surface area contributed by atoms with Crippen LogP contribution in [0.1, 0.15) is 23.7 Å². The molecule has 6 heteroatoms. The number of anilines is 1. The van der Waals surface area contributed by atoms with Crippen molar-refractivity contribution in [3.8, 4) is 0 Å². The third kappa shape index (κ3) is 3.08. The zero-order valence-corrected chi connectivity index (χ0v) is 10.8. The number of nitro benzene ring substituents is 1. The van der Waals surface area contributed by atoms with Crippen LogP contribution in [0.15, 0.2) is 18.2 Å². The highest BCUT2D eigenvalue weighted by molar-refractivity contribution is 5.98. The van der Waals surface area contributed by atoms with Crippen molar-refractivity contribution in [3.63, 3.8) is 0 Å². The fraction of sp³-hybridized carbons (Fsp3) is 0.462. The Balaban J connectivity index is 2.34. The Kier molecular flexibility index (Phi) is 4.11. The molecule has 1 saturated heterocycles. The first kappa shape index (κ1) is 13.5. The van der Waals surface area contributed by atoms with E-state index in [0.717, 1.165) is 18.7 Å². The Hall–Kier alpha value is -1.95. The first-order valence-corrected chi connectivity index (χ1v) is 6.21. The van der Waals surface area contributed by atoms with Crippen molar-refractivity contribution in [3.05, 3.63) is 33.9 Å². The van der Waals surface area contributed by atoms with Gasteiger partial charge in [-0.1, -0.05) is 0 Å². The molecule has 1 aromatic rings. The average Bonchev–Trinajstić information content (AvgIpc) is 2.66. The van der Waals surface area contributed by atoms with E-state index in [2.05, 4.69) is 0 Å². The lowest BCUT2D eigenvalue weighted by Gasteiger charge is -2.21. The third-order valence-electron chi connectivity index (χ3n) is 3.14. The van der Waals surface area contributed by atoms with Crippen LogP contribution >= 0.6 is 0 Å². The number of benzene rings is 1. The molecule has 0 radical (unpaired) electrons. The minimum absolute atomic E-state index is 0.129. The first-order chi connectivity index (χ1) is 9.09. The van der Waals surface area contributed by atoms with E-state index in [4.69, 9.17) is 4.74 Å². The molecule has 102 valence electrons. The standard InChI is InChI=1S/C13H16N2O4/c1-10(16)12-4-3-11(9-13(12)15(17)18)14-5-2-7-19-8-6-14/h3-4,9H,2,5-8H2,1H3. The van der Waals surface area contributed by atoms with Crippen LogP contribution in [0, 0.1) is 10.1 Å². The average molecular weight is 264 g/mol. The molecule has 1 heterocycles. The molecule has 2 rings (SSSR count). The summed E-state index contributed by atoms with van der Waals surface area (Å²) in [5.74, 6) is -0.294. The fourth-order valence-corrected chi connectivity index (χ4v) is 2.17. The lowest BCUT2D eigenvalue weighted by molar-refractivity contribution is -0.385. The molecule has 1 aliphatic heterocycles. The van der Waals surface area contributed by atoms with Gasteiger partial charge in [0.25, 0.3) is 5.69 Å². The lowest BCUT2D eigenvalue weighted by atomic mass is 10.1. The molecule has 0 spiro atoms. The van der Waals surface area contributed by atoms with E-state index < -0.39 is 4.92 Å². The molecule has 0 aromatic heterocycles. The van der Waals surface area contributed by atoms with E-state index in [1.54, 1.807) is 6.07 Å². The molecule has 0 aliphatic carbocycles. The normalized spacial score (nSPS) is 15.9. The van der Waals surface area contributed by atoms with E-state index in [9.17, 15) is 14.9 Å². The molecule has 0 unspecified atom stereocenters. The quantitative estimate of drug-likeness (QED) is 0.474.